The maximum Gasteiger partial charge on any atom is 0.182 e. The van der Waals surface area contributed by atoms with Gasteiger partial charge in [0.1, 0.15) is 11.3 Å². The Kier molecular flexibility index (Phi) is 34.3. The molecule has 0 amide bonds. The van der Waals surface area contributed by atoms with E-state index >= 15 is 0 Å². The molecule has 12 heteroatoms. The highest BCUT2D eigenvalue weighted by molar-refractivity contribution is 7.17. The van der Waals surface area contributed by atoms with Crippen LogP contribution in [0.25, 0.3) is 53.5 Å². The lowest BCUT2D eigenvalue weighted by molar-refractivity contribution is 0.352. The molecular formula is C110H154N6O3S2Si. The fraction of sp³-hybridized carbons (Fsp3) is 0.518. The Morgan fingerprint density at radius 2 is 0.664 bits per heavy atom. The molecule has 0 saturated heterocycles. The summed E-state index contributed by atoms with van der Waals surface area (Å²) < 4.78 is 21.5. The van der Waals surface area contributed by atoms with Gasteiger partial charge in [0, 0.05) is 30.0 Å². The Hall–Kier alpha value is -8.03. The smallest absolute Gasteiger partial charge is 0.182 e. The number of oxazole rings is 1. The molecule has 0 bridgehead atoms. The van der Waals surface area contributed by atoms with Crippen LogP contribution in [0, 0.1) is 0 Å². The third-order valence-corrected chi connectivity index (χ3v) is 30.4. The maximum atomic E-state index is 5.78. The summed E-state index contributed by atoms with van der Waals surface area (Å²) >= 11 is 3.53. The Labute approximate surface area is 746 Å². The quantitative estimate of drug-likeness (QED) is 0.0881. The van der Waals surface area contributed by atoms with Gasteiger partial charge in [-0.25, -0.2) is 19.9 Å². The Morgan fingerprint density at radius 3 is 1.09 bits per heavy atom. The molecule has 658 valence electrons. The normalized spacial score (nSPS) is 13.3. The van der Waals surface area contributed by atoms with Gasteiger partial charge < -0.3 is 18.2 Å². The molecule has 3 aliphatic rings. The predicted molar refractivity (Wildman–Crippen MR) is 535 cm³/mol. The van der Waals surface area contributed by atoms with Gasteiger partial charge in [0.2, 0.25) is 0 Å². The summed E-state index contributed by atoms with van der Waals surface area (Å²) in [4.78, 5) is 17.9. The number of ether oxygens (including phenoxy) is 1. The van der Waals surface area contributed by atoms with Crippen LogP contribution < -0.4 is 9.92 Å². The Balaban J connectivity index is 0.000000158. The number of fused-ring (bicyclic) bond motifs is 8. The second-order valence-electron chi connectivity index (χ2n) is 40.2. The molecule has 8 aromatic carbocycles. The highest BCUT2D eigenvalue weighted by Gasteiger charge is 2.37. The SMILES string of the molecule is CC(C)c1ccc(C(C)C)c2c1CC2.CC(C)c1ccc(C(C)C)c2c1CCO2.CC(C)c1ccc(C(C)C)c2c1CC[Si]2(C)C.CC(C)c1ccc(C(C)C)c2c1ncn2C.CC(C)c1ccc(C(C)C)c2ocnc12.CC(C)c1ccc(C(C)C)c2oncc12.CC(C)c1ccc(C(C)C)c2scnc12.CC(C)c1ccc(C(C)C)c2scnc12. The summed E-state index contributed by atoms with van der Waals surface area (Å²) in [6.45, 7) is 77.6. The van der Waals surface area contributed by atoms with Crippen molar-refractivity contribution in [3.05, 3.63) is 238 Å². The highest BCUT2D eigenvalue weighted by atomic mass is 32.1. The molecule has 16 rings (SSSR count). The van der Waals surface area contributed by atoms with E-state index in [2.05, 4.69) is 368 Å². The van der Waals surface area contributed by atoms with Crippen molar-refractivity contribution in [2.45, 2.75) is 361 Å². The molecule has 122 heavy (non-hydrogen) atoms. The number of aryl methyl sites for hydroxylation is 1. The summed E-state index contributed by atoms with van der Waals surface area (Å²) in [5.74, 6) is 10.3. The molecule has 0 unspecified atom stereocenters. The van der Waals surface area contributed by atoms with Crippen molar-refractivity contribution < 1.29 is 13.7 Å². The van der Waals surface area contributed by atoms with E-state index in [0.717, 1.165) is 35.1 Å². The van der Waals surface area contributed by atoms with Crippen LogP contribution >= 0.6 is 22.7 Å². The minimum absolute atomic E-state index is 0.474. The monoisotopic (exact) mass is 1700 g/mol. The van der Waals surface area contributed by atoms with Crippen LogP contribution in [0.1, 0.15) is 428 Å². The predicted octanol–water partition coefficient (Wildman–Crippen LogP) is 33.4. The molecule has 7 heterocycles. The average Bonchev–Trinajstić information content (AvgIpc) is 1.73. The first-order valence-electron chi connectivity index (χ1n) is 46.5. The van der Waals surface area contributed by atoms with Crippen LogP contribution in [-0.2, 0) is 32.7 Å². The minimum atomic E-state index is -1.15. The fourth-order valence-corrected chi connectivity index (χ4v) is 23.4. The molecule has 0 atom stereocenters. The zero-order chi connectivity index (χ0) is 90.0. The van der Waals surface area contributed by atoms with Crippen molar-refractivity contribution in [1.82, 2.24) is 29.7 Å². The standard InChI is InChI=1S/C16H26Si.C14H20N2.C14H20O.C14H20.2C13H17NO.2C13H17NS/c1-11(2)13-7-8-14(12(3)4)16-15(13)9-10-17(16,5)6;1-9(2)11-6-7-12(10(3)4)14-13(11)15-8-16(14)5;1-9(2)11-5-6-12(10(3)4)14-13(11)7-8-15-14;1-9(2)11-5-6-12(10(3)4)14-8-7-13(11)14;1-8(2)10-5-6-11(9(3)4)13-12(10)14-7-15-13;1-8(2)10-5-6-11(9(3)4)13-12(10)7-14-15-13;2*1-8(2)10-5-6-11(9(3)4)13-12(10)14-7-15-13/h7-8,11-12H,9-10H2,1-6H3;6-10H,1-5H3;5-6,9-10H,7-8H2,1-4H3;5-6,9-10H,7-8H2,1-4H3;4*5-9H,1-4H3. The zero-order valence-electron chi connectivity index (χ0n) is 81.8. The molecule has 0 N–H and O–H groups in total. The first kappa shape index (κ1) is 97.8. The minimum Gasteiger partial charge on any atom is -0.493 e. The van der Waals surface area contributed by atoms with Crippen LogP contribution in [0.15, 0.2) is 136 Å². The van der Waals surface area contributed by atoms with Crippen molar-refractivity contribution >= 4 is 89.5 Å². The molecule has 0 saturated carbocycles. The summed E-state index contributed by atoms with van der Waals surface area (Å²) in [6.07, 6.45) is 10.3. The number of hydrogen-bond acceptors (Lipinski definition) is 10. The van der Waals surface area contributed by atoms with Crippen LogP contribution in [-0.4, -0.2) is 44.3 Å². The van der Waals surface area contributed by atoms with Gasteiger partial charge in [0.05, 0.1) is 69.7 Å². The number of aromatic nitrogens is 6. The second kappa shape index (κ2) is 42.8. The van der Waals surface area contributed by atoms with E-state index in [0.29, 0.717) is 94.7 Å². The van der Waals surface area contributed by atoms with Gasteiger partial charge >= 0.3 is 0 Å². The molecule has 2 aliphatic heterocycles. The van der Waals surface area contributed by atoms with E-state index in [-0.39, 0.29) is 0 Å². The van der Waals surface area contributed by atoms with Crippen molar-refractivity contribution in [3.8, 4) is 5.75 Å². The summed E-state index contributed by atoms with van der Waals surface area (Å²) in [5.41, 5.74) is 40.9. The zero-order valence-corrected chi connectivity index (χ0v) is 84.5. The van der Waals surface area contributed by atoms with E-state index in [1.165, 1.54) is 135 Å². The van der Waals surface area contributed by atoms with E-state index in [4.69, 9.17) is 13.7 Å². The molecule has 1 aliphatic carbocycles. The van der Waals surface area contributed by atoms with Crippen molar-refractivity contribution in [3.63, 3.8) is 0 Å². The number of rotatable bonds is 16. The van der Waals surface area contributed by atoms with Crippen LogP contribution in [0.4, 0.5) is 0 Å². The van der Waals surface area contributed by atoms with Gasteiger partial charge in [-0.2, -0.15) is 0 Å². The molecule has 0 fully saturated rings. The first-order chi connectivity index (χ1) is 57.5. The van der Waals surface area contributed by atoms with E-state index in [1.807, 2.05) is 23.5 Å². The van der Waals surface area contributed by atoms with Crippen molar-refractivity contribution in [1.29, 1.82) is 0 Å². The van der Waals surface area contributed by atoms with E-state index in [9.17, 15) is 0 Å². The topological polar surface area (TPSA) is 105 Å². The van der Waals surface area contributed by atoms with Crippen molar-refractivity contribution in [2.75, 3.05) is 6.61 Å². The summed E-state index contributed by atoms with van der Waals surface area (Å²) in [6, 6.07) is 37.7. The average molecular weight is 1700 g/mol. The van der Waals surface area contributed by atoms with Gasteiger partial charge in [-0.05, 0) is 220 Å². The molecular weight excluding hydrogens is 1550 g/mol. The highest BCUT2D eigenvalue weighted by Crippen LogP contribution is 2.43. The number of benzene rings is 8. The lowest BCUT2D eigenvalue weighted by Crippen LogP contribution is -2.41. The first-order valence-corrected chi connectivity index (χ1v) is 51.5. The molecule has 5 aromatic heterocycles. The summed E-state index contributed by atoms with van der Waals surface area (Å²) in [7, 11) is 0.929. The third kappa shape index (κ3) is 22.4. The molecule has 13 aromatic rings. The van der Waals surface area contributed by atoms with Crippen molar-refractivity contribution in [2.24, 2.45) is 7.05 Å². The number of nitrogens with zero attached hydrogens (tertiary/aromatic N) is 6. The van der Waals surface area contributed by atoms with E-state index in [1.54, 1.807) is 73.2 Å². The number of thiazole rings is 2. The second-order valence-corrected chi connectivity index (χ2v) is 46.7. The van der Waals surface area contributed by atoms with Gasteiger partial charge in [0.15, 0.2) is 17.6 Å². The lowest BCUT2D eigenvalue weighted by Gasteiger charge is -2.29. The van der Waals surface area contributed by atoms with Crippen LogP contribution in [0.3, 0.4) is 0 Å². The molecule has 9 nitrogen and oxygen atoms in total. The molecule has 0 spiro atoms. The third-order valence-electron chi connectivity index (χ3n) is 25.2. The van der Waals surface area contributed by atoms with Gasteiger partial charge in [-0.3, -0.25) is 0 Å². The Bertz CT molecular complexity index is 4980. The summed E-state index contributed by atoms with van der Waals surface area (Å²) in [5, 5.41) is 6.88. The van der Waals surface area contributed by atoms with Gasteiger partial charge in [-0.1, -0.05) is 342 Å². The van der Waals surface area contributed by atoms with E-state index < -0.39 is 8.07 Å². The Morgan fingerprint density at radius 1 is 0.320 bits per heavy atom. The lowest BCUT2D eigenvalue weighted by atomic mass is 9.76. The van der Waals surface area contributed by atoms with Crippen LogP contribution in [0.5, 0.6) is 5.75 Å². The largest absolute Gasteiger partial charge is 0.493 e. The van der Waals surface area contributed by atoms with Gasteiger partial charge in [-0.15, -0.1) is 22.7 Å². The number of imidazole rings is 1. The van der Waals surface area contributed by atoms with Crippen LogP contribution in [0.2, 0.25) is 19.1 Å². The fourth-order valence-electron chi connectivity index (χ4n) is 18.1. The van der Waals surface area contributed by atoms with Gasteiger partial charge in [0.25, 0.3) is 0 Å². The maximum absolute atomic E-state index is 5.78. The number of hydrogen-bond donors (Lipinski definition) is 0. The molecule has 0 radical (unpaired) electrons.